The van der Waals surface area contributed by atoms with Gasteiger partial charge in [-0.1, -0.05) is 103 Å². The number of hydrogen-bond donors (Lipinski definition) is 2. The first-order chi connectivity index (χ1) is 28.3. The van der Waals surface area contributed by atoms with Crippen LogP contribution in [0.5, 0.6) is 0 Å². The molecule has 58 heavy (non-hydrogen) atoms. The number of fused-ring (bicyclic) bond motifs is 12. The Morgan fingerprint density at radius 1 is 0.466 bits per heavy atom. The SMILES string of the molecule is Brc1cccc2c1sc1ccc(-c3cccc4c3oc3ccccc34)cc12.Brc1cccc2c1sc1ccc(I)cc12.OB(O)c1cccc2c1oc1ccccc12. The van der Waals surface area contributed by atoms with Crippen molar-refractivity contribution in [3.8, 4) is 11.1 Å². The minimum absolute atomic E-state index is 0.397. The molecule has 12 rings (SSSR count). The van der Waals surface area contributed by atoms with E-state index in [9.17, 15) is 10.0 Å². The van der Waals surface area contributed by atoms with E-state index < -0.39 is 7.12 Å². The summed E-state index contributed by atoms with van der Waals surface area (Å²) < 4.78 is 20.8. The maximum atomic E-state index is 9.24. The molecule has 0 aliphatic rings. The summed E-state index contributed by atoms with van der Waals surface area (Å²) in [6, 6.07) is 53.8. The van der Waals surface area contributed by atoms with Crippen LogP contribution in [-0.2, 0) is 0 Å². The summed E-state index contributed by atoms with van der Waals surface area (Å²) in [7, 11) is -1.51. The predicted molar refractivity (Wildman–Crippen MR) is 263 cm³/mol. The van der Waals surface area contributed by atoms with Gasteiger partial charge in [-0.2, -0.15) is 0 Å². The van der Waals surface area contributed by atoms with E-state index in [1.165, 1.54) is 64.7 Å². The second kappa shape index (κ2) is 15.6. The summed E-state index contributed by atoms with van der Waals surface area (Å²) in [5, 5.41) is 28.0. The van der Waals surface area contributed by atoms with Crippen LogP contribution in [0.4, 0.5) is 0 Å². The molecule has 2 N–H and O–H groups in total. The molecular formula is C48H28BBr2IO4S2. The van der Waals surface area contributed by atoms with Crippen LogP contribution >= 0.6 is 77.1 Å². The number of benzene rings is 8. The van der Waals surface area contributed by atoms with Crippen molar-refractivity contribution >= 4 is 174 Å². The molecule has 10 heteroatoms. The molecule has 0 aliphatic heterocycles. The normalized spacial score (nSPS) is 11.5. The van der Waals surface area contributed by atoms with E-state index in [1.54, 1.807) is 12.1 Å². The largest absolute Gasteiger partial charge is 0.492 e. The smallest absolute Gasteiger partial charge is 0.456 e. The van der Waals surface area contributed by atoms with Gasteiger partial charge >= 0.3 is 7.12 Å². The maximum absolute atomic E-state index is 9.24. The molecule has 0 radical (unpaired) electrons. The molecule has 0 bridgehead atoms. The molecule has 0 saturated heterocycles. The molecule has 0 unspecified atom stereocenters. The lowest BCUT2D eigenvalue weighted by molar-refractivity contribution is 0.425. The Kier molecular flexibility index (Phi) is 10.1. The van der Waals surface area contributed by atoms with E-state index in [0.717, 1.165) is 37.6 Å². The molecule has 4 nitrogen and oxygen atoms in total. The first-order valence-corrected chi connectivity index (χ1v) is 22.7. The molecule has 0 atom stereocenters. The van der Waals surface area contributed by atoms with E-state index in [2.05, 4.69) is 158 Å². The number of para-hydroxylation sites is 4. The Bertz CT molecular complexity index is 3510. The predicted octanol–water partition coefficient (Wildman–Crippen LogP) is 15.1. The second-order valence-electron chi connectivity index (χ2n) is 13.8. The average molecular weight is 1030 g/mol. The minimum Gasteiger partial charge on any atom is -0.456 e. The van der Waals surface area contributed by atoms with Gasteiger partial charge in [-0.05, 0) is 115 Å². The number of furan rings is 2. The van der Waals surface area contributed by atoms with Gasteiger partial charge in [-0.3, -0.25) is 0 Å². The Balaban J connectivity index is 0.000000113. The summed E-state index contributed by atoms with van der Waals surface area (Å²) >= 11 is 13.3. The lowest BCUT2D eigenvalue weighted by Gasteiger charge is -2.03. The average Bonchev–Trinajstić information content (AvgIpc) is 4.02. The summed E-state index contributed by atoms with van der Waals surface area (Å²) in [4.78, 5) is 0. The van der Waals surface area contributed by atoms with E-state index in [-0.39, 0.29) is 0 Å². The molecular weight excluding hydrogens is 1000 g/mol. The third-order valence-electron chi connectivity index (χ3n) is 10.3. The van der Waals surface area contributed by atoms with Gasteiger partial charge in [-0.15, -0.1) is 22.7 Å². The standard InChI is InChI=1S/C24H13BrOS.C12H9BO3.C12H6BrIS/c25-20-9-4-8-18-19-13-14(11-12-22(19)27-24(18)20)15-6-3-7-17-16-5-1-2-10-21(16)26-23(15)17;14-13(15)10-6-3-5-9-8-4-1-2-7-11(8)16-12(9)10;13-10-3-1-2-8-9-6-7(14)4-5-11(9)15-12(8)10/h1-13H;1-7,14-15H;1-6H. The van der Waals surface area contributed by atoms with Crippen molar-refractivity contribution in [2.75, 3.05) is 0 Å². The fourth-order valence-corrected chi connectivity index (χ4v) is 11.5. The number of hydrogen-bond acceptors (Lipinski definition) is 6. The lowest BCUT2D eigenvalue weighted by atomic mass is 9.79. The van der Waals surface area contributed by atoms with Gasteiger partial charge in [0.1, 0.15) is 22.3 Å². The van der Waals surface area contributed by atoms with Crippen molar-refractivity contribution in [2.24, 2.45) is 0 Å². The van der Waals surface area contributed by atoms with Gasteiger partial charge in [0.15, 0.2) is 0 Å². The Hall–Kier alpha value is -4.53. The van der Waals surface area contributed by atoms with Crippen LogP contribution in [0.1, 0.15) is 0 Å². The first kappa shape index (κ1) is 37.7. The topological polar surface area (TPSA) is 66.7 Å². The molecule has 4 aromatic heterocycles. The second-order valence-corrected chi connectivity index (χ2v) is 18.8. The van der Waals surface area contributed by atoms with Gasteiger partial charge in [0, 0.05) is 85.4 Å². The molecule has 280 valence electrons. The highest BCUT2D eigenvalue weighted by Crippen LogP contribution is 2.42. The molecule has 0 aliphatic carbocycles. The highest BCUT2D eigenvalue weighted by molar-refractivity contribution is 14.1. The Labute approximate surface area is 370 Å². The van der Waals surface area contributed by atoms with E-state index >= 15 is 0 Å². The van der Waals surface area contributed by atoms with Crippen molar-refractivity contribution in [3.05, 3.63) is 170 Å². The first-order valence-electron chi connectivity index (χ1n) is 18.4. The zero-order valence-corrected chi connectivity index (χ0v) is 37.2. The van der Waals surface area contributed by atoms with Crippen LogP contribution in [0, 0.1) is 3.57 Å². The molecule has 4 heterocycles. The lowest BCUT2D eigenvalue weighted by Crippen LogP contribution is -2.29. The van der Waals surface area contributed by atoms with Crippen LogP contribution in [0.15, 0.2) is 176 Å². The van der Waals surface area contributed by atoms with E-state index in [0.29, 0.717) is 11.0 Å². The quantitative estimate of drug-likeness (QED) is 0.134. The van der Waals surface area contributed by atoms with Gasteiger partial charge in [0.25, 0.3) is 0 Å². The van der Waals surface area contributed by atoms with E-state index in [1.807, 2.05) is 65.1 Å². The fourth-order valence-electron chi connectivity index (χ4n) is 7.61. The molecule has 0 spiro atoms. The summed E-state index contributed by atoms with van der Waals surface area (Å²) in [6.45, 7) is 0. The number of halogens is 3. The van der Waals surface area contributed by atoms with Crippen molar-refractivity contribution in [1.82, 2.24) is 0 Å². The van der Waals surface area contributed by atoms with Crippen LogP contribution in [-0.4, -0.2) is 17.2 Å². The molecule has 0 saturated carbocycles. The van der Waals surface area contributed by atoms with Crippen LogP contribution in [0.2, 0.25) is 0 Å². The molecule has 0 fully saturated rings. The highest BCUT2D eigenvalue weighted by atomic mass is 127. The minimum atomic E-state index is -1.51. The Morgan fingerprint density at radius 3 is 1.60 bits per heavy atom. The third-order valence-corrected chi connectivity index (χ3v) is 15.2. The molecule has 0 amide bonds. The van der Waals surface area contributed by atoms with Crippen molar-refractivity contribution in [2.45, 2.75) is 0 Å². The summed E-state index contributed by atoms with van der Waals surface area (Å²) in [5.41, 5.74) is 5.91. The van der Waals surface area contributed by atoms with Gasteiger partial charge in [-0.25, -0.2) is 0 Å². The molecule has 12 aromatic rings. The van der Waals surface area contributed by atoms with Gasteiger partial charge in [0.2, 0.25) is 0 Å². The zero-order chi connectivity index (χ0) is 39.5. The maximum Gasteiger partial charge on any atom is 0.492 e. The van der Waals surface area contributed by atoms with Crippen molar-refractivity contribution in [3.63, 3.8) is 0 Å². The third kappa shape index (κ3) is 6.74. The van der Waals surface area contributed by atoms with Crippen LogP contribution in [0.3, 0.4) is 0 Å². The van der Waals surface area contributed by atoms with Gasteiger partial charge in [0.05, 0.1) is 0 Å². The summed E-state index contributed by atoms with van der Waals surface area (Å²) in [6.07, 6.45) is 0. The number of rotatable bonds is 2. The molecule has 8 aromatic carbocycles. The van der Waals surface area contributed by atoms with Crippen molar-refractivity contribution < 1.29 is 18.9 Å². The summed E-state index contributed by atoms with van der Waals surface area (Å²) in [5.74, 6) is 0. The van der Waals surface area contributed by atoms with Crippen LogP contribution < -0.4 is 5.46 Å². The van der Waals surface area contributed by atoms with E-state index in [4.69, 9.17) is 8.83 Å². The number of thiophene rings is 2. The van der Waals surface area contributed by atoms with Gasteiger partial charge < -0.3 is 18.9 Å². The monoisotopic (exact) mass is 1030 g/mol. The van der Waals surface area contributed by atoms with Crippen molar-refractivity contribution in [1.29, 1.82) is 0 Å². The van der Waals surface area contributed by atoms with Crippen LogP contribution in [0.25, 0.3) is 95.3 Å². The highest BCUT2D eigenvalue weighted by Gasteiger charge is 2.19. The Morgan fingerprint density at radius 2 is 0.966 bits per heavy atom. The zero-order valence-electron chi connectivity index (χ0n) is 30.2. The fraction of sp³-hybridized carbons (Fsp3) is 0.